The van der Waals surface area contributed by atoms with Gasteiger partial charge in [0, 0.05) is 38.6 Å². The van der Waals surface area contributed by atoms with Crippen molar-refractivity contribution in [2.75, 3.05) is 26.2 Å². The van der Waals surface area contributed by atoms with Crippen LogP contribution in [-0.2, 0) is 11.8 Å². The van der Waals surface area contributed by atoms with Gasteiger partial charge in [-0.2, -0.15) is 0 Å². The zero-order chi connectivity index (χ0) is 19.2. The molecule has 2 aliphatic heterocycles. The highest BCUT2D eigenvalue weighted by Gasteiger charge is 2.49. The fourth-order valence-electron chi connectivity index (χ4n) is 5.05. The van der Waals surface area contributed by atoms with Gasteiger partial charge >= 0.3 is 0 Å². The van der Waals surface area contributed by atoms with Crippen molar-refractivity contribution in [3.8, 4) is 0 Å². The number of nitrogens with zero attached hydrogens (tertiary/aromatic N) is 3. The van der Waals surface area contributed by atoms with Crippen LogP contribution < -0.4 is 0 Å². The predicted molar refractivity (Wildman–Crippen MR) is 107 cm³/mol. The summed E-state index contributed by atoms with van der Waals surface area (Å²) >= 11 is 0. The molecule has 3 heterocycles. The third-order valence-electron chi connectivity index (χ3n) is 6.44. The molecule has 5 nitrogen and oxygen atoms in total. The number of amides is 2. The smallest absolute Gasteiger partial charge is 0.270 e. The number of carbonyl (C=O) groups excluding carboxylic acids is 2. The number of benzene rings is 1. The summed E-state index contributed by atoms with van der Waals surface area (Å²) in [5.74, 6) is 0.309. The second kappa shape index (κ2) is 6.70. The Morgan fingerprint density at radius 2 is 2.04 bits per heavy atom. The van der Waals surface area contributed by atoms with Gasteiger partial charge < -0.3 is 14.4 Å². The van der Waals surface area contributed by atoms with E-state index in [1.165, 1.54) is 5.56 Å². The van der Waals surface area contributed by atoms with Crippen LogP contribution in [0.4, 0.5) is 0 Å². The van der Waals surface area contributed by atoms with Crippen molar-refractivity contribution in [1.29, 1.82) is 0 Å². The molecule has 1 aromatic carbocycles. The third kappa shape index (κ3) is 2.84. The number of para-hydroxylation sites is 1. The van der Waals surface area contributed by atoms with Crippen molar-refractivity contribution in [3.63, 3.8) is 0 Å². The number of rotatable bonds is 3. The van der Waals surface area contributed by atoms with E-state index in [1.54, 1.807) is 0 Å². The van der Waals surface area contributed by atoms with Crippen LogP contribution in [0.25, 0.3) is 10.9 Å². The molecular weight excluding hydrogens is 338 g/mol. The Hall–Kier alpha value is -2.30. The fourth-order valence-corrected chi connectivity index (χ4v) is 5.05. The Bertz CT molecular complexity index is 898. The molecule has 0 aliphatic carbocycles. The Kier molecular flexibility index (Phi) is 4.49. The van der Waals surface area contributed by atoms with Gasteiger partial charge in [0.2, 0.25) is 5.91 Å². The Morgan fingerprint density at radius 3 is 2.78 bits per heavy atom. The van der Waals surface area contributed by atoms with Crippen LogP contribution in [0.3, 0.4) is 0 Å². The highest BCUT2D eigenvalue weighted by atomic mass is 16.2. The first-order chi connectivity index (χ1) is 13.0. The van der Waals surface area contributed by atoms with Crippen LogP contribution in [0.1, 0.15) is 48.7 Å². The van der Waals surface area contributed by atoms with E-state index in [1.807, 2.05) is 33.5 Å². The molecule has 0 N–H and O–H groups in total. The van der Waals surface area contributed by atoms with E-state index in [-0.39, 0.29) is 17.2 Å². The molecule has 0 saturated carbocycles. The molecule has 144 valence electrons. The average molecular weight is 367 g/mol. The van der Waals surface area contributed by atoms with Crippen molar-refractivity contribution in [2.24, 2.45) is 12.5 Å². The number of piperidine rings is 1. The van der Waals surface area contributed by atoms with E-state index in [4.69, 9.17) is 0 Å². The summed E-state index contributed by atoms with van der Waals surface area (Å²) in [7, 11) is 1.96. The van der Waals surface area contributed by atoms with E-state index >= 15 is 0 Å². The van der Waals surface area contributed by atoms with E-state index in [2.05, 4.69) is 26.0 Å². The molecule has 1 unspecified atom stereocenters. The first kappa shape index (κ1) is 18.1. The monoisotopic (exact) mass is 367 g/mol. The van der Waals surface area contributed by atoms with Gasteiger partial charge in [0.25, 0.3) is 5.91 Å². The summed E-state index contributed by atoms with van der Waals surface area (Å²) < 4.78 is 2.00. The quantitative estimate of drug-likeness (QED) is 0.835. The summed E-state index contributed by atoms with van der Waals surface area (Å²) in [5.41, 5.74) is 2.64. The maximum Gasteiger partial charge on any atom is 0.270 e. The lowest BCUT2D eigenvalue weighted by Gasteiger charge is -2.39. The summed E-state index contributed by atoms with van der Waals surface area (Å²) in [6, 6.07) is 8.14. The number of hydrogen-bond donors (Lipinski definition) is 0. The summed E-state index contributed by atoms with van der Waals surface area (Å²) in [6.07, 6.45) is 3.73. The van der Waals surface area contributed by atoms with Gasteiger partial charge in [-0.25, -0.2) is 0 Å². The molecule has 27 heavy (non-hydrogen) atoms. The molecule has 2 amide bonds. The summed E-state index contributed by atoms with van der Waals surface area (Å²) in [4.78, 5) is 30.3. The van der Waals surface area contributed by atoms with Gasteiger partial charge in [-0.15, -0.1) is 0 Å². The summed E-state index contributed by atoms with van der Waals surface area (Å²) in [5, 5.41) is 1.10. The molecule has 1 aromatic heterocycles. The zero-order valence-electron chi connectivity index (χ0n) is 16.6. The van der Waals surface area contributed by atoms with Crippen LogP contribution in [0.5, 0.6) is 0 Å². The predicted octanol–water partition coefficient (Wildman–Crippen LogP) is 3.35. The van der Waals surface area contributed by atoms with Crippen LogP contribution in [0, 0.1) is 12.3 Å². The van der Waals surface area contributed by atoms with Crippen molar-refractivity contribution in [2.45, 2.75) is 39.5 Å². The molecule has 2 fully saturated rings. The van der Waals surface area contributed by atoms with Crippen molar-refractivity contribution >= 4 is 22.7 Å². The molecule has 1 atom stereocenters. The maximum atomic E-state index is 13.3. The minimum atomic E-state index is -0.358. The lowest BCUT2D eigenvalue weighted by Crippen LogP contribution is -2.50. The van der Waals surface area contributed by atoms with Crippen LogP contribution in [0.15, 0.2) is 24.3 Å². The molecule has 5 heteroatoms. The fraction of sp³-hybridized carbons (Fsp3) is 0.545. The van der Waals surface area contributed by atoms with Gasteiger partial charge in [0.1, 0.15) is 5.69 Å². The zero-order valence-corrected chi connectivity index (χ0v) is 16.6. The van der Waals surface area contributed by atoms with Crippen LogP contribution in [-0.4, -0.2) is 52.4 Å². The molecule has 2 aromatic rings. The molecule has 0 bridgehead atoms. The molecule has 2 aliphatic rings. The Morgan fingerprint density at radius 1 is 1.22 bits per heavy atom. The number of carbonyl (C=O) groups is 2. The normalized spacial score (nSPS) is 23.0. The van der Waals surface area contributed by atoms with Crippen LogP contribution in [0.2, 0.25) is 0 Å². The Balaban J connectivity index is 1.59. The van der Waals surface area contributed by atoms with E-state index in [0.29, 0.717) is 18.8 Å². The van der Waals surface area contributed by atoms with Crippen molar-refractivity contribution in [1.82, 2.24) is 14.4 Å². The van der Waals surface area contributed by atoms with Gasteiger partial charge in [0.15, 0.2) is 0 Å². The highest BCUT2D eigenvalue weighted by Crippen LogP contribution is 2.40. The third-order valence-corrected chi connectivity index (χ3v) is 6.44. The second-order valence-corrected chi connectivity index (χ2v) is 8.25. The van der Waals surface area contributed by atoms with E-state index < -0.39 is 0 Å². The van der Waals surface area contributed by atoms with Gasteiger partial charge in [-0.05, 0) is 44.2 Å². The Labute approximate surface area is 160 Å². The minimum absolute atomic E-state index is 0.0467. The first-order valence-electron chi connectivity index (χ1n) is 10.1. The molecule has 0 radical (unpaired) electrons. The molecule has 2 saturated heterocycles. The number of fused-ring (bicyclic) bond motifs is 1. The highest BCUT2D eigenvalue weighted by molar-refractivity contribution is 6.00. The van der Waals surface area contributed by atoms with Crippen LogP contribution >= 0.6 is 0 Å². The first-order valence-corrected chi connectivity index (χ1v) is 10.1. The summed E-state index contributed by atoms with van der Waals surface area (Å²) in [6.45, 7) is 7.11. The molecular formula is C22H29N3O2. The molecule has 1 spiro atoms. The lowest BCUT2D eigenvalue weighted by molar-refractivity contribution is -0.145. The van der Waals surface area contributed by atoms with Crippen molar-refractivity contribution < 1.29 is 9.59 Å². The number of hydrogen-bond acceptors (Lipinski definition) is 2. The second-order valence-electron chi connectivity index (χ2n) is 8.25. The van der Waals surface area contributed by atoms with E-state index in [9.17, 15) is 9.59 Å². The largest absolute Gasteiger partial charge is 0.342 e. The van der Waals surface area contributed by atoms with Gasteiger partial charge in [-0.1, -0.05) is 25.1 Å². The molecule has 4 rings (SSSR count). The lowest BCUT2D eigenvalue weighted by atomic mass is 9.78. The average Bonchev–Trinajstić information content (AvgIpc) is 3.22. The van der Waals surface area contributed by atoms with Gasteiger partial charge in [-0.3, -0.25) is 9.59 Å². The number of aromatic nitrogens is 1. The number of likely N-dealkylation sites (tertiary alicyclic amines) is 2. The standard InChI is InChI=1S/C22H29N3O2/c1-4-11-24-12-6-9-22(21(24)27)10-13-25(15-22)20(26)18-14-17-8-5-7-16(2)19(17)23(18)3/h5,7-8,14H,4,6,9-13,15H2,1-3H3. The topological polar surface area (TPSA) is 45.5 Å². The minimum Gasteiger partial charge on any atom is -0.342 e. The van der Waals surface area contributed by atoms with Crippen molar-refractivity contribution in [3.05, 3.63) is 35.5 Å². The maximum absolute atomic E-state index is 13.3. The number of aryl methyl sites for hydroxylation is 2. The van der Waals surface area contributed by atoms with E-state index in [0.717, 1.165) is 49.7 Å². The van der Waals surface area contributed by atoms with Gasteiger partial charge in [0.05, 0.1) is 10.9 Å². The SMILES string of the molecule is CCCN1CCCC2(CCN(C(=O)c3cc4cccc(C)c4n3C)C2)C1=O.